The average Bonchev–Trinajstić information content (AvgIpc) is 2.33. The number of rotatable bonds is 9. The molecule has 19 heavy (non-hydrogen) atoms. The number of nitrogens with two attached hydrogens (primary N) is 1. The van der Waals surface area contributed by atoms with E-state index >= 15 is 0 Å². The summed E-state index contributed by atoms with van der Waals surface area (Å²) >= 11 is 0. The van der Waals surface area contributed by atoms with Crippen molar-refractivity contribution in [3.8, 4) is 0 Å². The largest absolute Gasteiger partial charge is 0.481 e. The van der Waals surface area contributed by atoms with Crippen LogP contribution < -0.4 is 11.1 Å². The van der Waals surface area contributed by atoms with Crippen molar-refractivity contribution in [3.05, 3.63) is 0 Å². The molecule has 4 N–H and O–H groups in total. The van der Waals surface area contributed by atoms with E-state index in [1.165, 1.54) is 6.92 Å². The molecule has 0 aromatic carbocycles. The quantitative estimate of drug-likeness (QED) is 0.403. The number of nitrogens with one attached hydrogen (secondary N) is 1. The van der Waals surface area contributed by atoms with Crippen molar-refractivity contribution >= 4 is 17.8 Å². The van der Waals surface area contributed by atoms with E-state index in [9.17, 15) is 14.4 Å². The highest BCUT2D eigenvalue weighted by atomic mass is 16.5. The number of amides is 1. The standard InChI is InChI=1S/C12H22N2O5/c1-3-4-7-19-12(18)9(5-6-10(15)16)14-11(17)8(2)13/h8-9H,3-7,13H2,1-2H3,(H,14,17)(H,15,16)/t8-,9+/m0/s1. The van der Waals surface area contributed by atoms with Gasteiger partial charge in [-0.15, -0.1) is 0 Å². The Hall–Kier alpha value is -1.63. The maximum absolute atomic E-state index is 11.7. The van der Waals surface area contributed by atoms with E-state index in [4.69, 9.17) is 15.6 Å². The fraction of sp³-hybridized carbons (Fsp3) is 0.750. The molecular weight excluding hydrogens is 252 g/mol. The van der Waals surface area contributed by atoms with Gasteiger partial charge in [-0.3, -0.25) is 9.59 Å². The summed E-state index contributed by atoms with van der Waals surface area (Å²) in [5.74, 6) is -2.17. The predicted molar refractivity (Wildman–Crippen MR) is 68.3 cm³/mol. The number of esters is 1. The second-order valence-corrected chi connectivity index (χ2v) is 4.30. The second kappa shape index (κ2) is 9.32. The Labute approximate surface area is 112 Å². The molecule has 0 aromatic heterocycles. The summed E-state index contributed by atoms with van der Waals surface area (Å²) in [6, 6.07) is -1.73. The van der Waals surface area contributed by atoms with Gasteiger partial charge in [0.2, 0.25) is 5.91 Å². The number of carboxylic acids is 1. The van der Waals surface area contributed by atoms with Gasteiger partial charge < -0.3 is 20.9 Å². The van der Waals surface area contributed by atoms with Gasteiger partial charge in [0.1, 0.15) is 6.04 Å². The molecule has 7 heteroatoms. The summed E-state index contributed by atoms with van der Waals surface area (Å²) in [6.07, 6.45) is 1.35. The van der Waals surface area contributed by atoms with Crippen LogP contribution in [0.4, 0.5) is 0 Å². The van der Waals surface area contributed by atoms with Crippen molar-refractivity contribution in [1.82, 2.24) is 5.32 Å². The molecule has 0 spiro atoms. The highest BCUT2D eigenvalue weighted by Gasteiger charge is 2.24. The van der Waals surface area contributed by atoms with Crippen LogP contribution in [0, 0.1) is 0 Å². The number of aliphatic carboxylic acids is 1. The summed E-state index contributed by atoms with van der Waals surface area (Å²) in [5.41, 5.74) is 5.38. The average molecular weight is 274 g/mol. The first-order chi connectivity index (χ1) is 8.88. The number of unbranched alkanes of at least 4 members (excludes halogenated alkanes) is 1. The maximum atomic E-state index is 11.7. The predicted octanol–water partition coefficient (Wildman–Crippen LogP) is 0.0265. The zero-order valence-electron chi connectivity index (χ0n) is 11.3. The molecule has 0 aromatic rings. The highest BCUT2D eigenvalue weighted by molar-refractivity contribution is 5.87. The van der Waals surface area contributed by atoms with Crippen LogP contribution in [0.15, 0.2) is 0 Å². The van der Waals surface area contributed by atoms with Crippen LogP contribution in [0.25, 0.3) is 0 Å². The van der Waals surface area contributed by atoms with Crippen molar-refractivity contribution in [2.24, 2.45) is 5.73 Å². The summed E-state index contributed by atoms with van der Waals surface area (Å²) in [6.45, 7) is 3.69. The first kappa shape index (κ1) is 17.4. The summed E-state index contributed by atoms with van der Waals surface area (Å²) in [5, 5.41) is 11.0. The molecular formula is C12H22N2O5. The van der Waals surface area contributed by atoms with E-state index < -0.39 is 29.9 Å². The maximum Gasteiger partial charge on any atom is 0.328 e. The highest BCUT2D eigenvalue weighted by Crippen LogP contribution is 2.02. The SMILES string of the molecule is CCCCOC(=O)[C@@H](CCC(=O)O)NC(=O)[C@H](C)N. The number of carbonyl (C=O) groups is 3. The van der Waals surface area contributed by atoms with E-state index in [1.54, 1.807) is 0 Å². The Morgan fingerprint density at radius 2 is 2.00 bits per heavy atom. The van der Waals surface area contributed by atoms with Crippen LogP contribution in [-0.4, -0.2) is 41.6 Å². The Morgan fingerprint density at radius 1 is 1.37 bits per heavy atom. The van der Waals surface area contributed by atoms with Gasteiger partial charge in [0.15, 0.2) is 0 Å². The van der Waals surface area contributed by atoms with Crippen molar-refractivity contribution < 1.29 is 24.2 Å². The minimum atomic E-state index is -1.04. The van der Waals surface area contributed by atoms with E-state index in [-0.39, 0.29) is 19.4 Å². The Bertz CT molecular complexity index is 317. The third-order valence-corrected chi connectivity index (χ3v) is 2.40. The zero-order chi connectivity index (χ0) is 14.8. The number of hydrogen-bond acceptors (Lipinski definition) is 5. The lowest BCUT2D eigenvalue weighted by atomic mass is 10.1. The molecule has 0 unspecified atom stereocenters. The molecule has 0 fully saturated rings. The lowest BCUT2D eigenvalue weighted by Gasteiger charge is -2.18. The van der Waals surface area contributed by atoms with E-state index in [2.05, 4.69) is 5.32 Å². The van der Waals surface area contributed by atoms with E-state index in [0.29, 0.717) is 0 Å². The van der Waals surface area contributed by atoms with Gasteiger partial charge in [0.25, 0.3) is 0 Å². The Morgan fingerprint density at radius 3 is 2.47 bits per heavy atom. The molecule has 0 aliphatic carbocycles. The molecule has 0 saturated carbocycles. The Balaban J connectivity index is 4.42. The van der Waals surface area contributed by atoms with Gasteiger partial charge in [-0.1, -0.05) is 13.3 Å². The fourth-order valence-corrected chi connectivity index (χ4v) is 1.24. The normalized spacial score (nSPS) is 13.4. The van der Waals surface area contributed by atoms with Crippen LogP contribution >= 0.6 is 0 Å². The van der Waals surface area contributed by atoms with Crippen LogP contribution in [-0.2, 0) is 19.1 Å². The third kappa shape index (κ3) is 8.15. The van der Waals surface area contributed by atoms with Crippen molar-refractivity contribution in [2.75, 3.05) is 6.61 Å². The minimum absolute atomic E-state index is 0.0151. The van der Waals surface area contributed by atoms with Gasteiger partial charge in [-0.05, 0) is 19.8 Å². The number of ether oxygens (including phenoxy) is 1. The second-order valence-electron chi connectivity index (χ2n) is 4.30. The molecule has 0 aliphatic heterocycles. The van der Waals surface area contributed by atoms with Gasteiger partial charge >= 0.3 is 11.9 Å². The van der Waals surface area contributed by atoms with Crippen molar-refractivity contribution in [3.63, 3.8) is 0 Å². The molecule has 0 saturated heterocycles. The Kier molecular flexibility index (Phi) is 8.52. The molecule has 2 atom stereocenters. The zero-order valence-corrected chi connectivity index (χ0v) is 11.3. The lowest BCUT2D eigenvalue weighted by molar-refractivity contribution is -0.148. The third-order valence-electron chi connectivity index (χ3n) is 2.40. The molecule has 0 radical (unpaired) electrons. The summed E-state index contributed by atoms with van der Waals surface area (Å²) in [7, 11) is 0. The van der Waals surface area contributed by atoms with E-state index in [0.717, 1.165) is 12.8 Å². The molecule has 110 valence electrons. The summed E-state index contributed by atoms with van der Waals surface area (Å²) in [4.78, 5) is 33.7. The van der Waals surface area contributed by atoms with Gasteiger partial charge in [-0.25, -0.2) is 4.79 Å². The van der Waals surface area contributed by atoms with E-state index in [1.807, 2.05) is 6.92 Å². The van der Waals surface area contributed by atoms with Crippen LogP contribution in [0.5, 0.6) is 0 Å². The molecule has 0 bridgehead atoms. The minimum Gasteiger partial charge on any atom is -0.481 e. The number of hydrogen-bond donors (Lipinski definition) is 3. The lowest BCUT2D eigenvalue weighted by Crippen LogP contribution is -2.48. The monoisotopic (exact) mass is 274 g/mol. The molecule has 0 aliphatic rings. The smallest absolute Gasteiger partial charge is 0.328 e. The number of carboxylic acid groups (broad SMARTS) is 1. The topological polar surface area (TPSA) is 119 Å². The van der Waals surface area contributed by atoms with Crippen LogP contribution in [0.3, 0.4) is 0 Å². The van der Waals surface area contributed by atoms with Gasteiger partial charge in [0, 0.05) is 6.42 Å². The molecule has 7 nitrogen and oxygen atoms in total. The van der Waals surface area contributed by atoms with Gasteiger partial charge in [-0.2, -0.15) is 0 Å². The fourth-order valence-electron chi connectivity index (χ4n) is 1.24. The number of carbonyl (C=O) groups excluding carboxylic acids is 2. The molecule has 0 rings (SSSR count). The first-order valence-electron chi connectivity index (χ1n) is 6.32. The van der Waals surface area contributed by atoms with Crippen LogP contribution in [0.1, 0.15) is 39.5 Å². The first-order valence-corrected chi connectivity index (χ1v) is 6.32. The molecule has 1 amide bonds. The van der Waals surface area contributed by atoms with Crippen molar-refractivity contribution in [1.29, 1.82) is 0 Å². The summed E-state index contributed by atoms with van der Waals surface area (Å²) < 4.78 is 4.97. The molecule has 0 heterocycles. The van der Waals surface area contributed by atoms with Crippen molar-refractivity contribution in [2.45, 2.75) is 51.6 Å². The van der Waals surface area contributed by atoms with Gasteiger partial charge in [0.05, 0.1) is 12.6 Å². The van der Waals surface area contributed by atoms with Crippen LogP contribution in [0.2, 0.25) is 0 Å².